The molecule has 5 aromatic rings. The number of benzene rings is 1. The molecule has 39 heavy (non-hydrogen) atoms. The second kappa shape index (κ2) is 10.2. The summed E-state index contributed by atoms with van der Waals surface area (Å²) in [5.41, 5.74) is 6.75. The number of carbonyl (C=O) groups excluding carboxylic acids is 1. The van der Waals surface area contributed by atoms with Gasteiger partial charge in [-0.25, -0.2) is 14.2 Å². The van der Waals surface area contributed by atoms with E-state index in [1.54, 1.807) is 28.0 Å². The number of amides is 1. The minimum Gasteiger partial charge on any atom is -0.344 e. The van der Waals surface area contributed by atoms with Gasteiger partial charge in [-0.05, 0) is 57.0 Å². The molecule has 5 heterocycles. The lowest BCUT2D eigenvalue weighted by molar-refractivity contribution is 0.0930. The molecule has 1 aromatic carbocycles. The first-order valence-electron chi connectivity index (χ1n) is 12.7. The van der Waals surface area contributed by atoms with Crippen LogP contribution in [0.25, 0.3) is 28.0 Å². The Bertz CT molecular complexity index is 1640. The molecule has 11 nitrogen and oxygen atoms in total. The van der Waals surface area contributed by atoms with Crippen molar-refractivity contribution in [2.45, 2.75) is 45.3 Å². The highest BCUT2D eigenvalue weighted by Gasteiger charge is 2.24. The van der Waals surface area contributed by atoms with E-state index >= 15 is 0 Å². The molecule has 1 unspecified atom stereocenters. The van der Waals surface area contributed by atoms with Crippen molar-refractivity contribution < 1.29 is 4.79 Å². The maximum atomic E-state index is 13.1. The van der Waals surface area contributed by atoms with Gasteiger partial charge in [0.25, 0.3) is 5.91 Å². The quantitative estimate of drug-likeness (QED) is 0.354. The summed E-state index contributed by atoms with van der Waals surface area (Å²) in [6.45, 7) is 7.55. The van der Waals surface area contributed by atoms with E-state index in [-0.39, 0.29) is 29.9 Å². The number of halogens is 1. The molecule has 1 aliphatic heterocycles. The maximum absolute atomic E-state index is 13.1. The van der Waals surface area contributed by atoms with Gasteiger partial charge in [0.15, 0.2) is 5.69 Å². The highest BCUT2D eigenvalue weighted by Crippen LogP contribution is 2.31. The molecular formula is C27H31ClN10O. The van der Waals surface area contributed by atoms with Crippen LogP contribution in [-0.4, -0.2) is 51.8 Å². The lowest BCUT2D eigenvalue weighted by atomic mass is 9.95. The van der Waals surface area contributed by atoms with Crippen molar-refractivity contribution in [1.82, 2.24) is 50.0 Å². The summed E-state index contributed by atoms with van der Waals surface area (Å²) in [6, 6.07) is 8.14. The molecule has 1 amide bonds. The van der Waals surface area contributed by atoms with E-state index in [1.807, 2.05) is 50.8 Å². The summed E-state index contributed by atoms with van der Waals surface area (Å²) in [5, 5.41) is 23.7. The van der Waals surface area contributed by atoms with Crippen LogP contribution in [0, 0.1) is 0 Å². The third-order valence-electron chi connectivity index (χ3n) is 6.83. The monoisotopic (exact) mass is 546 g/mol. The lowest BCUT2D eigenvalue weighted by Gasteiger charge is -2.19. The topological polar surface area (TPSA) is 120 Å². The number of rotatable bonds is 4. The summed E-state index contributed by atoms with van der Waals surface area (Å²) in [5.74, 6) is -0.228. The number of hydrogen-bond acceptors (Lipinski definition) is 7. The highest BCUT2D eigenvalue weighted by molar-refractivity contribution is 5.92. The average molecular weight is 547 g/mol. The van der Waals surface area contributed by atoms with Crippen LogP contribution in [0.3, 0.4) is 0 Å². The van der Waals surface area contributed by atoms with Gasteiger partial charge in [0.05, 0.1) is 53.3 Å². The zero-order chi connectivity index (χ0) is 26.4. The first-order chi connectivity index (χ1) is 18.3. The van der Waals surface area contributed by atoms with Gasteiger partial charge in [0, 0.05) is 30.9 Å². The molecule has 0 fully saturated rings. The zero-order valence-corrected chi connectivity index (χ0v) is 23.1. The van der Waals surface area contributed by atoms with Crippen LogP contribution < -0.4 is 10.6 Å². The molecule has 6 rings (SSSR count). The Hall–Kier alpha value is -4.09. The van der Waals surface area contributed by atoms with Crippen LogP contribution in [-0.2, 0) is 19.1 Å². The number of nitrogens with one attached hydrogen (secondary N) is 2. The SMILES string of the molecule is Cl.Cn1cc(-c2cn3nccc3c(-c3ccc4c(c3)CNCCC4NC(=O)c3cn(C(C)(C)C)nn3)n2)cn1. The Morgan fingerprint density at radius 1 is 1.10 bits per heavy atom. The first-order valence-corrected chi connectivity index (χ1v) is 12.7. The zero-order valence-electron chi connectivity index (χ0n) is 22.3. The Kier molecular flexibility index (Phi) is 6.96. The lowest BCUT2D eigenvalue weighted by Crippen LogP contribution is -2.30. The molecule has 0 saturated heterocycles. The molecular weight excluding hydrogens is 516 g/mol. The second-order valence-electron chi connectivity index (χ2n) is 10.7. The Labute approximate surface area is 232 Å². The third kappa shape index (κ3) is 5.15. The van der Waals surface area contributed by atoms with Crippen molar-refractivity contribution in [2.75, 3.05) is 6.54 Å². The fourth-order valence-electron chi connectivity index (χ4n) is 4.78. The molecule has 12 heteroatoms. The molecule has 0 spiro atoms. The van der Waals surface area contributed by atoms with E-state index < -0.39 is 0 Å². The van der Waals surface area contributed by atoms with Crippen LogP contribution in [0.4, 0.5) is 0 Å². The number of hydrogen-bond donors (Lipinski definition) is 2. The maximum Gasteiger partial charge on any atom is 0.273 e. The Morgan fingerprint density at radius 2 is 1.95 bits per heavy atom. The predicted molar refractivity (Wildman–Crippen MR) is 149 cm³/mol. The van der Waals surface area contributed by atoms with Crippen molar-refractivity contribution in [1.29, 1.82) is 0 Å². The van der Waals surface area contributed by atoms with E-state index in [0.717, 1.165) is 52.1 Å². The Morgan fingerprint density at radius 3 is 2.69 bits per heavy atom. The normalized spacial score (nSPS) is 15.4. The van der Waals surface area contributed by atoms with Gasteiger partial charge in [-0.3, -0.25) is 9.48 Å². The number of carbonyl (C=O) groups is 1. The molecule has 4 aromatic heterocycles. The highest BCUT2D eigenvalue weighted by atomic mass is 35.5. The predicted octanol–water partition coefficient (Wildman–Crippen LogP) is 3.53. The average Bonchev–Trinajstić information content (AvgIpc) is 3.63. The van der Waals surface area contributed by atoms with Crippen molar-refractivity contribution in [3.63, 3.8) is 0 Å². The van der Waals surface area contributed by atoms with E-state index in [9.17, 15) is 4.79 Å². The van der Waals surface area contributed by atoms with Gasteiger partial charge < -0.3 is 10.6 Å². The van der Waals surface area contributed by atoms with Gasteiger partial charge in [0.1, 0.15) is 0 Å². The standard InChI is InChI=1S/C27H30N10O.ClH/c1-27(2,3)37-16-23(33-34-37)26(38)32-21-7-9-28-12-18-11-17(5-6-20(18)21)25-24-8-10-29-36(24)15-22(31-25)19-13-30-35(4)14-19;/h5-6,8,10-11,13-16,21,28H,7,9,12H2,1-4H3,(H,32,38);1H. The number of aromatic nitrogens is 8. The molecule has 0 radical (unpaired) electrons. The van der Waals surface area contributed by atoms with Gasteiger partial charge >= 0.3 is 0 Å². The van der Waals surface area contributed by atoms with Crippen LogP contribution in [0.15, 0.2) is 55.2 Å². The largest absolute Gasteiger partial charge is 0.344 e. The minimum atomic E-state index is -0.246. The molecule has 202 valence electrons. The van der Waals surface area contributed by atoms with E-state index in [4.69, 9.17) is 4.98 Å². The first kappa shape index (κ1) is 26.5. The summed E-state index contributed by atoms with van der Waals surface area (Å²) in [6.07, 6.45) is 9.91. The molecule has 0 bridgehead atoms. The molecule has 0 saturated carbocycles. The molecule has 1 atom stereocenters. The van der Waals surface area contributed by atoms with Crippen LogP contribution in [0.2, 0.25) is 0 Å². The van der Waals surface area contributed by atoms with Crippen molar-refractivity contribution >= 4 is 23.8 Å². The van der Waals surface area contributed by atoms with Crippen LogP contribution in [0.1, 0.15) is 54.8 Å². The van der Waals surface area contributed by atoms with E-state index in [0.29, 0.717) is 12.2 Å². The van der Waals surface area contributed by atoms with Crippen LogP contribution >= 0.6 is 12.4 Å². The number of nitrogens with zero attached hydrogens (tertiary/aromatic N) is 8. The van der Waals surface area contributed by atoms with Crippen molar-refractivity contribution in [3.8, 4) is 22.5 Å². The number of aryl methyl sites for hydroxylation is 1. The van der Waals surface area contributed by atoms with Gasteiger partial charge in [-0.1, -0.05) is 17.3 Å². The molecule has 1 aliphatic rings. The van der Waals surface area contributed by atoms with Crippen molar-refractivity contribution in [2.24, 2.45) is 7.05 Å². The Balaban J connectivity index is 0.00000308. The van der Waals surface area contributed by atoms with Gasteiger partial charge in [0.2, 0.25) is 0 Å². The molecule has 2 N–H and O–H groups in total. The van der Waals surface area contributed by atoms with E-state index in [1.165, 1.54) is 0 Å². The van der Waals surface area contributed by atoms with Gasteiger partial charge in [-0.2, -0.15) is 10.2 Å². The molecule has 0 aliphatic carbocycles. The second-order valence-corrected chi connectivity index (χ2v) is 10.7. The third-order valence-corrected chi connectivity index (χ3v) is 6.83. The van der Waals surface area contributed by atoms with Gasteiger partial charge in [-0.15, -0.1) is 17.5 Å². The summed E-state index contributed by atoms with van der Waals surface area (Å²) >= 11 is 0. The van der Waals surface area contributed by atoms with Crippen molar-refractivity contribution in [3.05, 3.63) is 72.1 Å². The fourth-order valence-corrected chi connectivity index (χ4v) is 4.78. The summed E-state index contributed by atoms with van der Waals surface area (Å²) in [7, 11) is 1.89. The fraction of sp³-hybridized carbons (Fsp3) is 0.333. The van der Waals surface area contributed by atoms with E-state index in [2.05, 4.69) is 49.3 Å². The smallest absolute Gasteiger partial charge is 0.273 e. The summed E-state index contributed by atoms with van der Waals surface area (Å²) in [4.78, 5) is 18.1. The minimum absolute atomic E-state index is 0. The van der Waals surface area contributed by atoms with Crippen LogP contribution in [0.5, 0.6) is 0 Å². The number of fused-ring (bicyclic) bond motifs is 2. The summed E-state index contributed by atoms with van der Waals surface area (Å²) < 4.78 is 5.32.